The van der Waals surface area contributed by atoms with Gasteiger partial charge in [0, 0.05) is 17.3 Å². The van der Waals surface area contributed by atoms with E-state index in [1.54, 1.807) is 43.0 Å². The van der Waals surface area contributed by atoms with Gasteiger partial charge >= 0.3 is 0 Å². The van der Waals surface area contributed by atoms with E-state index >= 15 is 0 Å². The second-order valence-corrected chi connectivity index (χ2v) is 10.6. The zero-order valence-corrected chi connectivity index (χ0v) is 24.2. The van der Waals surface area contributed by atoms with Crippen molar-refractivity contribution < 1.29 is 13.9 Å². The molecule has 3 aromatic heterocycles. The van der Waals surface area contributed by atoms with Gasteiger partial charge in [-0.2, -0.15) is 14.6 Å². The SMILES string of the molecule is C=CCOc1ccc(/C=C/c2nc3s/c(=C\c4cn(-c5ccccc5)nc4-c4ccc(C)c(F)c4)c(=O)n3n2)cc1OC. The number of rotatable bonds is 9. The maximum atomic E-state index is 14.5. The number of thiazole rings is 1. The molecule has 0 fully saturated rings. The lowest BCUT2D eigenvalue weighted by Crippen LogP contribution is -2.23. The minimum absolute atomic E-state index is 0.300. The van der Waals surface area contributed by atoms with E-state index in [0.717, 1.165) is 11.3 Å². The first kappa shape index (κ1) is 27.8. The molecule has 0 saturated heterocycles. The minimum Gasteiger partial charge on any atom is -0.493 e. The molecular formula is C33H26FN5O3S. The second-order valence-electron chi connectivity index (χ2n) is 9.60. The predicted molar refractivity (Wildman–Crippen MR) is 167 cm³/mol. The van der Waals surface area contributed by atoms with Crippen LogP contribution in [0.3, 0.4) is 0 Å². The van der Waals surface area contributed by atoms with Gasteiger partial charge in [-0.25, -0.2) is 9.07 Å². The molecule has 0 N–H and O–H groups in total. The fourth-order valence-corrected chi connectivity index (χ4v) is 5.36. The number of nitrogens with zero attached hydrogens (tertiary/aromatic N) is 5. The predicted octanol–water partition coefficient (Wildman–Crippen LogP) is 5.74. The quantitative estimate of drug-likeness (QED) is 0.199. The Kier molecular flexibility index (Phi) is 7.67. The van der Waals surface area contributed by atoms with Gasteiger partial charge in [0.15, 0.2) is 17.3 Å². The largest absolute Gasteiger partial charge is 0.493 e. The molecule has 0 amide bonds. The molecule has 0 atom stereocenters. The van der Waals surface area contributed by atoms with Gasteiger partial charge in [0.05, 0.1) is 17.3 Å². The molecule has 0 bridgehead atoms. The van der Waals surface area contributed by atoms with Gasteiger partial charge in [-0.3, -0.25) is 4.79 Å². The number of hydrogen-bond acceptors (Lipinski definition) is 7. The minimum atomic E-state index is -0.322. The number of benzene rings is 3. The summed E-state index contributed by atoms with van der Waals surface area (Å²) in [4.78, 5) is 18.3. The molecule has 0 aliphatic carbocycles. The van der Waals surface area contributed by atoms with Crippen LogP contribution in [0.4, 0.5) is 4.39 Å². The lowest BCUT2D eigenvalue weighted by atomic mass is 10.1. The van der Waals surface area contributed by atoms with Gasteiger partial charge in [0.2, 0.25) is 4.96 Å². The average molecular weight is 592 g/mol. The monoisotopic (exact) mass is 591 g/mol. The van der Waals surface area contributed by atoms with Crippen LogP contribution in [0.15, 0.2) is 90.4 Å². The Labute approximate surface area is 250 Å². The molecule has 0 aliphatic rings. The standard InChI is InChI=1S/C33H26FN5O3S/c1-4-16-42-27-14-11-22(17-28(27)41-3)12-15-30-35-33-39(36-30)32(40)29(43-33)19-24-20-38(25-8-6-5-7-9-25)37-31(24)23-13-10-21(2)26(34)18-23/h4-15,17-20H,1,16H2,2-3H3/b15-12+,29-19-. The van der Waals surface area contributed by atoms with Crippen molar-refractivity contribution in [2.45, 2.75) is 6.92 Å². The topological polar surface area (TPSA) is 83.5 Å². The van der Waals surface area contributed by atoms with Crippen LogP contribution in [0.1, 0.15) is 22.5 Å². The maximum absolute atomic E-state index is 14.5. The first-order valence-electron chi connectivity index (χ1n) is 13.4. The summed E-state index contributed by atoms with van der Waals surface area (Å²) in [5.74, 6) is 1.28. The summed E-state index contributed by atoms with van der Waals surface area (Å²) in [6.07, 6.45) is 8.81. The van der Waals surface area contributed by atoms with E-state index in [-0.39, 0.29) is 11.4 Å². The summed E-state index contributed by atoms with van der Waals surface area (Å²) in [6.45, 7) is 5.75. The summed E-state index contributed by atoms with van der Waals surface area (Å²) in [7, 11) is 1.58. The van der Waals surface area contributed by atoms with E-state index in [9.17, 15) is 9.18 Å². The Hall–Kier alpha value is -5.35. The summed E-state index contributed by atoms with van der Waals surface area (Å²) in [6, 6.07) is 20.1. The molecule has 0 radical (unpaired) electrons. The van der Waals surface area contributed by atoms with E-state index in [1.807, 2.05) is 66.9 Å². The first-order chi connectivity index (χ1) is 20.9. The Morgan fingerprint density at radius 1 is 1.02 bits per heavy atom. The molecule has 0 aliphatic heterocycles. The second kappa shape index (κ2) is 11.9. The third kappa shape index (κ3) is 5.73. The van der Waals surface area contributed by atoms with E-state index in [4.69, 9.17) is 14.6 Å². The van der Waals surface area contributed by atoms with E-state index in [1.165, 1.54) is 21.9 Å². The smallest absolute Gasteiger partial charge is 0.291 e. The van der Waals surface area contributed by atoms with Gasteiger partial charge < -0.3 is 9.47 Å². The van der Waals surface area contributed by atoms with Crippen molar-refractivity contribution in [3.8, 4) is 28.4 Å². The number of ether oxygens (including phenoxy) is 2. The summed E-state index contributed by atoms with van der Waals surface area (Å²) < 4.78 is 29.0. The zero-order valence-electron chi connectivity index (χ0n) is 23.4. The van der Waals surface area contributed by atoms with Gasteiger partial charge in [0.25, 0.3) is 5.56 Å². The molecule has 3 aromatic carbocycles. The summed E-state index contributed by atoms with van der Waals surface area (Å²) >= 11 is 1.22. The van der Waals surface area contributed by atoms with Crippen molar-refractivity contribution in [3.05, 3.63) is 129 Å². The molecule has 6 rings (SSSR count). The Balaban J connectivity index is 1.35. The number of para-hydroxylation sites is 1. The zero-order chi connectivity index (χ0) is 29.9. The molecular weight excluding hydrogens is 565 g/mol. The highest BCUT2D eigenvalue weighted by Crippen LogP contribution is 2.29. The molecule has 43 heavy (non-hydrogen) atoms. The molecule has 6 aromatic rings. The number of methoxy groups -OCH3 is 1. The van der Waals surface area contributed by atoms with Crippen LogP contribution in [-0.2, 0) is 0 Å². The van der Waals surface area contributed by atoms with Crippen molar-refractivity contribution in [3.63, 3.8) is 0 Å². The van der Waals surface area contributed by atoms with Crippen molar-refractivity contribution >= 4 is 34.5 Å². The molecule has 0 spiro atoms. The number of halogens is 1. The third-order valence-electron chi connectivity index (χ3n) is 6.66. The summed E-state index contributed by atoms with van der Waals surface area (Å²) in [5.41, 5.74) is 3.78. The first-order valence-corrected chi connectivity index (χ1v) is 14.2. The van der Waals surface area contributed by atoms with Crippen molar-refractivity contribution in [2.75, 3.05) is 13.7 Å². The van der Waals surface area contributed by atoms with Crippen LogP contribution >= 0.6 is 11.3 Å². The van der Waals surface area contributed by atoms with Gasteiger partial charge in [0.1, 0.15) is 18.1 Å². The normalized spacial score (nSPS) is 11.9. The highest BCUT2D eigenvalue weighted by Gasteiger charge is 2.15. The number of hydrogen-bond donors (Lipinski definition) is 0. The van der Waals surface area contributed by atoms with Crippen LogP contribution in [0.25, 0.3) is 40.1 Å². The number of fused-ring (bicyclic) bond motifs is 1. The highest BCUT2D eigenvalue weighted by atomic mass is 32.1. The van der Waals surface area contributed by atoms with Crippen molar-refractivity contribution in [1.29, 1.82) is 0 Å². The van der Waals surface area contributed by atoms with Crippen molar-refractivity contribution in [1.82, 2.24) is 24.4 Å². The molecule has 214 valence electrons. The van der Waals surface area contributed by atoms with Crippen LogP contribution in [0.5, 0.6) is 11.5 Å². The van der Waals surface area contributed by atoms with Crippen LogP contribution in [0.2, 0.25) is 0 Å². The molecule has 0 saturated carbocycles. The van der Waals surface area contributed by atoms with Gasteiger partial charge in [-0.05, 0) is 60.5 Å². The molecule has 10 heteroatoms. The van der Waals surface area contributed by atoms with Crippen LogP contribution < -0.4 is 19.6 Å². The Bertz CT molecular complexity index is 2100. The molecule has 8 nitrogen and oxygen atoms in total. The van der Waals surface area contributed by atoms with Crippen LogP contribution in [0, 0.1) is 12.7 Å². The van der Waals surface area contributed by atoms with Gasteiger partial charge in [-0.1, -0.05) is 66.5 Å². The maximum Gasteiger partial charge on any atom is 0.291 e. The lowest BCUT2D eigenvalue weighted by Gasteiger charge is -2.09. The Morgan fingerprint density at radius 2 is 1.86 bits per heavy atom. The van der Waals surface area contributed by atoms with E-state index in [0.29, 0.717) is 55.8 Å². The number of aromatic nitrogens is 5. The average Bonchev–Trinajstić information content (AvgIpc) is 3.71. The van der Waals surface area contributed by atoms with E-state index < -0.39 is 0 Å². The fraction of sp³-hybridized carbons (Fsp3) is 0.0909. The van der Waals surface area contributed by atoms with Crippen molar-refractivity contribution in [2.24, 2.45) is 0 Å². The third-order valence-corrected chi connectivity index (χ3v) is 7.62. The highest BCUT2D eigenvalue weighted by molar-refractivity contribution is 7.15. The summed E-state index contributed by atoms with van der Waals surface area (Å²) in [5, 5.41) is 9.15. The fourth-order valence-electron chi connectivity index (χ4n) is 4.46. The molecule has 3 heterocycles. The van der Waals surface area contributed by atoms with Gasteiger partial charge in [-0.15, -0.1) is 5.10 Å². The Morgan fingerprint density at radius 3 is 2.60 bits per heavy atom. The lowest BCUT2D eigenvalue weighted by molar-refractivity contribution is 0.326. The molecule has 0 unspecified atom stereocenters. The van der Waals surface area contributed by atoms with Crippen LogP contribution in [-0.4, -0.2) is 38.1 Å². The van der Waals surface area contributed by atoms with E-state index in [2.05, 4.69) is 16.7 Å². The number of aryl methyl sites for hydroxylation is 1.